The number of rotatable bonds is 3. The lowest BCUT2D eigenvalue weighted by atomic mass is 10.1. The van der Waals surface area contributed by atoms with Gasteiger partial charge in [-0.3, -0.25) is 0 Å². The summed E-state index contributed by atoms with van der Waals surface area (Å²) < 4.78 is 5.39. The molecule has 1 aromatic carbocycles. The van der Waals surface area contributed by atoms with E-state index in [9.17, 15) is 0 Å². The van der Waals surface area contributed by atoms with Crippen molar-refractivity contribution in [2.75, 3.05) is 0 Å². The van der Waals surface area contributed by atoms with E-state index < -0.39 is 8.32 Å². The molecule has 15 heavy (non-hydrogen) atoms. The SMILES string of the molecule is Cc1cccc(/C(N)=N/O[Si](C)(C)C)c1. The molecule has 3 nitrogen and oxygen atoms in total. The second kappa shape index (κ2) is 4.48. The summed E-state index contributed by atoms with van der Waals surface area (Å²) in [4.78, 5) is 0. The summed E-state index contributed by atoms with van der Waals surface area (Å²) in [6.07, 6.45) is 0. The molecule has 0 aliphatic rings. The van der Waals surface area contributed by atoms with Crippen LogP contribution in [0.15, 0.2) is 29.4 Å². The molecule has 0 amide bonds. The van der Waals surface area contributed by atoms with E-state index in [1.807, 2.05) is 31.2 Å². The maximum Gasteiger partial charge on any atom is 0.278 e. The Morgan fingerprint density at radius 2 is 2.00 bits per heavy atom. The van der Waals surface area contributed by atoms with Gasteiger partial charge in [0.25, 0.3) is 8.32 Å². The maximum absolute atomic E-state index is 5.82. The quantitative estimate of drug-likeness (QED) is 0.369. The molecule has 0 saturated heterocycles. The van der Waals surface area contributed by atoms with E-state index in [1.54, 1.807) is 0 Å². The zero-order valence-electron chi connectivity index (χ0n) is 9.74. The first kappa shape index (κ1) is 11.8. The molecule has 0 aromatic heterocycles. The topological polar surface area (TPSA) is 47.6 Å². The molecule has 0 spiro atoms. The minimum Gasteiger partial charge on any atom is -0.454 e. The Morgan fingerprint density at radius 1 is 1.33 bits per heavy atom. The summed E-state index contributed by atoms with van der Waals surface area (Å²) in [5, 5.41) is 3.96. The van der Waals surface area contributed by atoms with Crippen LogP contribution in [0.1, 0.15) is 11.1 Å². The number of amidine groups is 1. The van der Waals surface area contributed by atoms with Crippen molar-refractivity contribution in [3.8, 4) is 0 Å². The van der Waals surface area contributed by atoms with Crippen molar-refractivity contribution in [1.29, 1.82) is 0 Å². The first-order chi connectivity index (χ1) is 6.88. The lowest BCUT2D eigenvalue weighted by Gasteiger charge is -2.13. The molecule has 1 aromatic rings. The van der Waals surface area contributed by atoms with Crippen LogP contribution in [-0.2, 0) is 4.53 Å². The smallest absolute Gasteiger partial charge is 0.278 e. The Morgan fingerprint density at radius 3 is 2.53 bits per heavy atom. The van der Waals surface area contributed by atoms with Crippen LogP contribution in [0.3, 0.4) is 0 Å². The summed E-state index contributed by atoms with van der Waals surface area (Å²) >= 11 is 0. The van der Waals surface area contributed by atoms with Gasteiger partial charge in [0.15, 0.2) is 5.84 Å². The molecule has 0 atom stereocenters. The van der Waals surface area contributed by atoms with Crippen LogP contribution in [0.2, 0.25) is 19.6 Å². The normalized spacial score (nSPS) is 12.7. The lowest BCUT2D eigenvalue weighted by molar-refractivity contribution is 0.335. The molecule has 0 unspecified atom stereocenters. The van der Waals surface area contributed by atoms with Gasteiger partial charge in [0.1, 0.15) is 0 Å². The van der Waals surface area contributed by atoms with Crippen molar-refractivity contribution in [1.82, 2.24) is 0 Å². The second-order valence-corrected chi connectivity index (χ2v) is 8.96. The van der Waals surface area contributed by atoms with Crippen molar-refractivity contribution in [2.24, 2.45) is 10.9 Å². The third-order valence-electron chi connectivity index (χ3n) is 1.73. The summed E-state index contributed by atoms with van der Waals surface area (Å²) in [5.74, 6) is 0.445. The average Bonchev–Trinajstić information content (AvgIpc) is 2.13. The molecule has 4 heteroatoms. The second-order valence-electron chi connectivity index (χ2n) is 4.55. The molecule has 0 radical (unpaired) electrons. The molecular formula is C11H18N2OSi. The number of benzene rings is 1. The van der Waals surface area contributed by atoms with E-state index >= 15 is 0 Å². The number of nitrogens with two attached hydrogens (primary N) is 1. The van der Waals surface area contributed by atoms with Crippen molar-refractivity contribution in [2.45, 2.75) is 26.6 Å². The van der Waals surface area contributed by atoms with Crippen molar-refractivity contribution >= 4 is 14.2 Å². The highest BCUT2D eigenvalue weighted by atomic mass is 28.4. The first-order valence-electron chi connectivity index (χ1n) is 4.97. The highest BCUT2D eigenvalue weighted by molar-refractivity contribution is 6.69. The van der Waals surface area contributed by atoms with Gasteiger partial charge in [-0.25, -0.2) is 0 Å². The Balaban J connectivity index is 2.80. The molecule has 82 valence electrons. The Hall–Kier alpha value is -1.29. The van der Waals surface area contributed by atoms with Crippen LogP contribution in [-0.4, -0.2) is 14.2 Å². The molecular weight excluding hydrogens is 204 g/mol. The van der Waals surface area contributed by atoms with Gasteiger partial charge in [0, 0.05) is 5.56 Å². The van der Waals surface area contributed by atoms with E-state index in [-0.39, 0.29) is 0 Å². The first-order valence-corrected chi connectivity index (χ1v) is 8.38. The largest absolute Gasteiger partial charge is 0.454 e. The van der Waals surface area contributed by atoms with Crippen LogP contribution in [0.5, 0.6) is 0 Å². The number of aryl methyl sites for hydroxylation is 1. The Labute approximate surface area is 92.1 Å². The standard InChI is InChI=1S/C11H18N2OSi/c1-9-6-5-7-10(8-9)11(12)13-14-15(2,3)4/h5-8H,1-4H3,(H2,12,13). The summed E-state index contributed by atoms with van der Waals surface area (Å²) in [5.41, 5.74) is 7.89. The zero-order valence-corrected chi connectivity index (χ0v) is 10.7. The molecule has 2 N–H and O–H groups in total. The van der Waals surface area contributed by atoms with Gasteiger partial charge < -0.3 is 10.3 Å². The third kappa shape index (κ3) is 4.16. The lowest BCUT2D eigenvalue weighted by Crippen LogP contribution is -2.25. The fourth-order valence-electron chi connectivity index (χ4n) is 1.04. The Bertz CT molecular complexity index is 369. The molecule has 0 aliphatic carbocycles. The molecule has 1 rings (SSSR count). The third-order valence-corrected chi connectivity index (χ3v) is 2.37. The minimum absolute atomic E-state index is 0.445. The van der Waals surface area contributed by atoms with Gasteiger partial charge in [-0.1, -0.05) is 28.9 Å². The molecule has 0 fully saturated rings. The number of oxime groups is 1. The fraction of sp³-hybridized carbons (Fsp3) is 0.364. The van der Waals surface area contributed by atoms with Gasteiger partial charge in [-0.05, 0) is 32.6 Å². The van der Waals surface area contributed by atoms with E-state index in [0.717, 1.165) is 5.56 Å². The Kier molecular flexibility index (Phi) is 3.52. The van der Waals surface area contributed by atoms with Crippen molar-refractivity contribution < 1.29 is 4.53 Å². The van der Waals surface area contributed by atoms with Gasteiger partial charge in [-0.15, -0.1) is 0 Å². The maximum atomic E-state index is 5.82. The van der Waals surface area contributed by atoms with Crippen molar-refractivity contribution in [3.63, 3.8) is 0 Å². The van der Waals surface area contributed by atoms with Crippen LogP contribution in [0.4, 0.5) is 0 Å². The average molecular weight is 222 g/mol. The zero-order chi connectivity index (χ0) is 11.5. The summed E-state index contributed by atoms with van der Waals surface area (Å²) in [6, 6.07) is 7.91. The number of nitrogens with zero attached hydrogens (tertiary/aromatic N) is 1. The van der Waals surface area contributed by atoms with Gasteiger partial charge in [0.2, 0.25) is 0 Å². The number of hydrogen-bond acceptors (Lipinski definition) is 2. The van der Waals surface area contributed by atoms with E-state index in [0.29, 0.717) is 5.84 Å². The predicted molar refractivity (Wildman–Crippen MR) is 66.3 cm³/mol. The summed E-state index contributed by atoms with van der Waals surface area (Å²) in [7, 11) is -1.63. The van der Waals surface area contributed by atoms with Crippen molar-refractivity contribution in [3.05, 3.63) is 35.4 Å². The monoisotopic (exact) mass is 222 g/mol. The summed E-state index contributed by atoms with van der Waals surface area (Å²) in [6.45, 7) is 8.23. The van der Waals surface area contributed by atoms with Crippen LogP contribution in [0.25, 0.3) is 0 Å². The highest BCUT2D eigenvalue weighted by Crippen LogP contribution is 2.06. The highest BCUT2D eigenvalue weighted by Gasteiger charge is 2.16. The molecule has 0 saturated carbocycles. The van der Waals surface area contributed by atoms with Gasteiger partial charge in [0.05, 0.1) is 0 Å². The van der Waals surface area contributed by atoms with E-state index in [4.69, 9.17) is 10.3 Å². The van der Waals surface area contributed by atoms with Crippen LogP contribution >= 0.6 is 0 Å². The van der Waals surface area contributed by atoms with Gasteiger partial charge in [-0.2, -0.15) is 0 Å². The molecule has 0 bridgehead atoms. The van der Waals surface area contributed by atoms with Crippen LogP contribution < -0.4 is 5.73 Å². The molecule has 0 aliphatic heterocycles. The van der Waals surface area contributed by atoms with Crippen LogP contribution in [0, 0.1) is 6.92 Å². The fourth-order valence-corrected chi connectivity index (χ4v) is 1.42. The minimum atomic E-state index is -1.63. The predicted octanol–water partition coefficient (Wildman–Crippen LogP) is 2.47. The van der Waals surface area contributed by atoms with E-state index in [2.05, 4.69) is 24.8 Å². The number of hydrogen-bond donors (Lipinski definition) is 1. The van der Waals surface area contributed by atoms with Gasteiger partial charge >= 0.3 is 0 Å². The molecule has 0 heterocycles. The van der Waals surface area contributed by atoms with E-state index in [1.165, 1.54) is 5.56 Å².